The third kappa shape index (κ3) is 5.90. The molecular weight excluding hydrogens is 294 g/mol. The number of carbonyl (C=O) groups excluding carboxylic acids is 2. The number of ether oxygens (including phenoxy) is 1. The maximum Gasteiger partial charge on any atom is 0.277 e. The molecule has 0 spiro atoms. The van der Waals surface area contributed by atoms with E-state index in [-0.39, 0.29) is 11.8 Å². The van der Waals surface area contributed by atoms with Crippen molar-refractivity contribution in [3.63, 3.8) is 0 Å². The lowest BCUT2D eigenvalue weighted by Gasteiger charge is -2.20. The van der Waals surface area contributed by atoms with E-state index < -0.39 is 0 Å². The third-order valence-corrected chi connectivity index (χ3v) is 3.86. The second-order valence-electron chi connectivity index (χ2n) is 6.25. The van der Waals surface area contributed by atoms with Crippen molar-refractivity contribution in [3.05, 3.63) is 29.8 Å². The third-order valence-electron chi connectivity index (χ3n) is 3.86. The molecule has 1 aliphatic rings. The Bertz CT molecular complexity index is 541. The van der Waals surface area contributed by atoms with Gasteiger partial charge in [-0.05, 0) is 30.5 Å². The molecule has 1 aliphatic carbocycles. The average Bonchev–Trinajstić information content (AvgIpc) is 3.31. The first-order valence-electron chi connectivity index (χ1n) is 7.95. The van der Waals surface area contributed by atoms with Crippen LogP contribution in [0.25, 0.3) is 0 Å². The zero-order chi connectivity index (χ0) is 16.8. The molecule has 0 aromatic heterocycles. The van der Waals surface area contributed by atoms with Crippen LogP contribution in [0.15, 0.2) is 24.3 Å². The van der Waals surface area contributed by atoms with Crippen LogP contribution in [0.2, 0.25) is 0 Å². The smallest absolute Gasteiger partial charge is 0.277 e. The number of nitrogens with one attached hydrogen (secondary N) is 2. The fourth-order valence-corrected chi connectivity index (χ4v) is 2.33. The normalized spacial score (nSPS) is 14.9. The van der Waals surface area contributed by atoms with Crippen LogP contribution in [-0.2, 0) is 16.1 Å². The molecule has 0 bridgehead atoms. The van der Waals surface area contributed by atoms with Crippen LogP contribution < -0.4 is 15.0 Å². The SMILES string of the molecule is COc1ccc(CN(C)C(=O)C[NH+](C)CC(=O)NC2CC2)cc1. The number of quaternary nitrogens is 1. The Morgan fingerprint density at radius 2 is 1.91 bits per heavy atom. The van der Waals surface area contributed by atoms with Crippen LogP contribution in [0.3, 0.4) is 0 Å². The van der Waals surface area contributed by atoms with E-state index >= 15 is 0 Å². The number of methoxy groups -OCH3 is 1. The quantitative estimate of drug-likeness (QED) is 0.675. The van der Waals surface area contributed by atoms with Crippen molar-refractivity contribution in [2.75, 3.05) is 34.3 Å². The minimum atomic E-state index is 0.0237. The molecule has 0 saturated heterocycles. The van der Waals surface area contributed by atoms with E-state index in [0.29, 0.717) is 25.7 Å². The Kier molecular flexibility index (Phi) is 5.98. The highest BCUT2D eigenvalue weighted by atomic mass is 16.5. The number of amides is 2. The van der Waals surface area contributed by atoms with Crippen molar-refractivity contribution < 1.29 is 19.2 Å². The number of rotatable bonds is 8. The number of benzene rings is 1. The maximum atomic E-state index is 12.2. The summed E-state index contributed by atoms with van der Waals surface area (Å²) in [6, 6.07) is 8.02. The summed E-state index contributed by atoms with van der Waals surface area (Å²) >= 11 is 0. The van der Waals surface area contributed by atoms with Gasteiger partial charge in [0.1, 0.15) is 5.75 Å². The largest absolute Gasteiger partial charge is 0.497 e. The first-order valence-corrected chi connectivity index (χ1v) is 7.95. The maximum absolute atomic E-state index is 12.2. The summed E-state index contributed by atoms with van der Waals surface area (Å²) in [6.45, 7) is 1.19. The van der Waals surface area contributed by atoms with Gasteiger partial charge in [-0.15, -0.1) is 0 Å². The van der Waals surface area contributed by atoms with E-state index in [1.165, 1.54) is 0 Å². The minimum Gasteiger partial charge on any atom is -0.497 e. The highest BCUT2D eigenvalue weighted by Gasteiger charge is 2.25. The predicted molar refractivity (Wildman–Crippen MR) is 87.3 cm³/mol. The summed E-state index contributed by atoms with van der Waals surface area (Å²) in [5.74, 6) is 0.849. The summed E-state index contributed by atoms with van der Waals surface area (Å²) in [7, 11) is 5.28. The number of nitrogens with zero attached hydrogens (tertiary/aromatic N) is 1. The van der Waals surface area contributed by atoms with Crippen molar-refractivity contribution in [2.45, 2.75) is 25.4 Å². The minimum absolute atomic E-state index is 0.0237. The molecule has 1 atom stereocenters. The molecule has 0 heterocycles. The molecular formula is C17H26N3O3+. The summed E-state index contributed by atoms with van der Waals surface area (Å²) in [4.78, 5) is 26.6. The van der Waals surface area contributed by atoms with Gasteiger partial charge in [0, 0.05) is 19.6 Å². The van der Waals surface area contributed by atoms with E-state index in [9.17, 15) is 9.59 Å². The van der Waals surface area contributed by atoms with E-state index in [4.69, 9.17) is 4.74 Å². The van der Waals surface area contributed by atoms with Crippen molar-refractivity contribution in [3.8, 4) is 5.75 Å². The van der Waals surface area contributed by atoms with Gasteiger partial charge in [0.05, 0.1) is 14.2 Å². The van der Waals surface area contributed by atoms with Crippen LogP contribution in [0.5, 0.6) is 5.75 Å². The van der Waals surface area contributed by atoms with Gasteiger partial charge in [-0.2, -0.15) is 0 Å². The topological polar surface area (TPSA) is 63.1 Å². The van der Waals surface area contributed by atoms with Gasteiger partial charge in [0.15, 0.2) is 13.1 Å². The van der Waals surface area contributed by atoms with Gasteiger partial charge in [0.2, 0.25) is 0 Å². The lowest BCUT2D eigenvalue weighted by atomic mass is 10.2. The Balaban J connectivity index is 1.75. The molecule has 1 saturated carbocycles. The molecule has 1 fully saturated rings. The predicted octanol–water partition coefficient (Wildman–Crippen LogP) is -0.553. The van der Waals surface area contributed by atoms with Crippen LogP contribution in [0.1, 0.15) is 18.4 Å². The van der Waals surface area contributed by atoms with E-state index in [1.54, 1.807) is 19.1 Å². The van der Waals surface area contributed by atoms with Gasteiger partial charge in [-0.1, -0.05) is 12.1 Å². The molecule has 2 N–H and O–H groups in total. The van der Waals surface area contributed by atoms with Gasteiger partial charge in [-0.25, -0.2) is 0 Å². The lowest BCUT2D eigenvalue weighted by Crippen LogP contribution is -3.11. The average molecular weight is 320 g/mol. The first kappa shape index (κ1) is 17.3. The number of likely N-dealkylation sites (N-methyl/N-ethyl adjacent to an activating group) is 2. The van der Waals surface area contributed by atoms with Crippen molar-refractivity contribution in [1.82, 2.24) is 10.2 Å². The second kappa shape index (κ2) is 7.97. The standard InChI is InChI=1S/C17H25N3O3/c1-19(11-16(21)18-14-6-7-14)12-17(22)20(2)10-13-4-8-15(23-3)9-5-13/h4-5,8-9,14H,6-7,10-12H2,1-3H3,(H,18,21)/p+1. The molecule has 1 unspecified atom stereocenters. The highest BCUT2D eigenvalue weighted by molar-refractivity contribution is 5.79. The molecule has 6 heteroatoms. The van der Waals surface area contributed by atoms with Gasteiger partial charge < -0.3 is 19.9 Å². The number of hydrogen-bond donors (Lipinski definition) is 2. The Labute approximate surface area is 137 Å². The van der Waals surface area contributed by atoms with Crippen molar-refractivity contribution in [2.24, 2.45) is 0 Å². The van der Waals surface area contributed by atoms with E-state index in [0.717, 1.165) is 29.1 Å². The zero-order valence-electron chi connectivity index (χ0n) is 14.1. The van der Waals surface area contributed by atoms with Crippen LogP contribution in [0, 0.1) is 0 Å². The zero-order valence-corrected chi connectivity index (χ0v) is 14.1. The molecule has 6 nitrogen and oxygen atoms in total. The molecule has 0 radical (unpaired) electrons. The monoisotopic (exact) mass is 320 g/mol. The van der Waals surface area contributed by atoms with Crippen molar-refractivity contribution in [1.29, 1.82) is 0 Å². The van der Waals surface area contributed by atoms with Crippen molar-refractivity contribution >= 4 is 11.8 Å². The fraction of sp³-hybridized carbons (Fsp3) is 0.529. The van der Waals surface area contributed by atoms with Gasteiger partial charge >= 0.3 is 0 Å². The fourth-order valence-electron chi connectivity index (χ4n) is 2.33. The molecule has 1 aromatic carbocycles. The van der Waals surface area contributed by atoms with E-state index in [1.807, 2.05) is 31.3 Å². The van der Waals surface area contributed by atoms with Crippen LogP contribution in [-0.4, -0.2) is 57.1 Å². The Hall–Kier alpha value is -2.08. The van der Waals surface area contributed by atoms with Gasteiger partial charge in [0.25, 0.3) is 11.8 Å². The van der Waals surface area contributed by atoms with Crippen LogP contribution in [0.4, 0.5) is 0 Å². The summed E-state index contributed by atoms with van der Waals surface area (Å²) < 4.78 is 5.12. The van der Waals surface area contributed by atoms with Crippen LogP contribution >= 0.6 is 0 Å². The summed E-state index contributed by atoms with van der Waals surface area (Å²) in [5, 5.41) is 2.94. The summed E-state index contributed by atoms with van der Waals surface area (Å²) in [6.07, 6.45) is 2.16. The molecule has 2 rings (SSSR count). The second-order valence-corrected chi connectivity index (χ2v) is 6.25. The lowest BCUT2D eigenvalue weighted by molar-refractivity contribution is -0.863. The Morgan fingerprint density at radius 1 is 1.26 bits per heavy atom. The molecule has 0 aliphatic heterocycles. The summed E-state index contributed by atoms with van der Waals surface area (Å²) in [5.41, 5.74) is 1.05. The first-order chi connectivity index (χ1) is 11.0. The molecule has 126 valence electrons. The molecule has 23 heavy (non-hydrogen) atoms. The highest BCUT2D eigenvalue weighted by Crippen LogP contribution is 2.18. The molecule has 2 amide bonds. The van der Waals surface area contributed by atoms with E-state index in [2.05, 4.69) is 5.32 Å². The number of carbonyl (C=O) groups is 2. The molecule has 1 aromatic rings. The number of hydrogen-bond acceptors (Lipinski definition) is 3. The van der Waals surface area contributed by atoms with Gasteiger partial charge in [-0.3, -0.25) is 9.59 Å². The Morgan fingerprint density at radius 3 is 2.48 bits per heavy atom.